The van der Waals surface area contributed by atoms with Gasteiger partial charge in [-0.25, -0.2) is 4.79 Å². The Bertz CT molecular complexity index is 376. The number of urea groups is 1. The van der Waals surface area contributed by atoms with Crippen molar-refractivity contribution in [2.75, 3.05) is 39.5 Å². The molecule has 0 aromatic rings. The van der Waals surface area contributed by atoms with E-state index in [1.54, 1.807) is 0 Å². The SMILES string of the molecule is O=C(NCCCOC1CCOCC1)N1CCC2(CCCCC2)C1. The summed E-state index contributed by atoms with van der Waals surface area (Å²) in [4.78, 5) is 14.3. The molecule has 2 saturated heterocycles. The third-order valence-electron chi connectivity index (χ3n) is 5.76. The van der Waals surface area contributed by atoms with Crippen LogP contribution in [0.15, 0.2) is 0 Å². The Morgan fingerprint density at radius 1 is 1.17 bits per heavy atom. The highest BCUT2D eigenvalue weighted by atomic mass is 16.5. The van der Waals surface area contributed by atoms with Crippen LogP contribution < -0.4 is 5.32 Å². The number of nitrogens with one attached hydrogen (secondary N) is 1. The molecule has 1 spiro atoms. The molecule has 0 atom stereocenters. The Labute approximate surface area is 140 Å². The molecule has 132 valence electrons. The van der Waals surface area contributed by atoms with Crippen LogP contribution in [0.4, 0.5) is 4.79 Å². The zero-order valence-electron chi connectivity index (χ0n) is 14.4. The van der Waals surface area contributed by atoms with E-state index in [0.29, 0.717) is 18.1 Å². The van der Waals surface area contributed by atoms with Gasteiger partial charge in [0.25, 0.3) is 0 Å². The van der Waals surface area contributed by atoms with Gasteiger partial charge in [-0.1, -0.05) is 19.3 Å². The number of hydrogen-bond acceptors (Lipinski definition) is 3. The molecule has 0 radical (unpaired) electrons. The van der Waals surface area contributed by atoms with E-state index in [4.69, 9.17) is 9.47 Å². The smallest absolute Gasteiger partial charge is 0.317 e. The average Bonchev–Trinajstić information content (AvgIpc) is 2.99. The fourth-order valence-electron chi connectivity index (χ4n) is 4.29. The van der Waals surface area contributed by atoms with E-state index in [1.165, 1.54) is 38.5 Å². The molecule has 0 unspecified atom stereocenters. The highest BCUT2D eigenvalue weighted by Crippen LogP contribution is 2.43. The summed E-state index contributed by atoms with van der Waals surface area (Å²) in [7, 11) is 0. The maximum absolute atomic E-state index is 12.3. The molecular weight excluding hydrogens is 292 g/mol. The zero-order chi connectivity index (χ0) is 16.0. The lowest BCUT2D eigenvalue weighted by molar-refractivity contribution is -0.0320. The topological polar surface area (TPSA) is 50.8 Å². The van der Waals surface area contributed by atoms with Gasteiger partial charge in [-0.15, -0.1) is 0 Å². The first-order chi connectivity index (χ1) is 11.3. The van der Waals surface area contributed by atoms with Gasteiger partial charge in [0.15, 0.2) is 0 Å². The Balaban J connectivity index is 1.28. The molecule has 1 saturated carbocycles. The minimum Gasteiger partial charge on any atom is -0.381 e. The number of hydrogen-bond donors (Lipinski definition) is 1. The van der Waals surface area contributed by atoms with Gasteiger partial charge in [0.1, 0.15) is 0 Å². The van der Waals surface area contributed by atoms with Crippen LogP contribution in [0, 0.1) is 5.41 Å². The molecule has 5 heteroatoms. The van der Waals surface area contributed by atoms with Crippen molar-refractivity contribution in [1.29, 1.82) is 0 Å². The van der Waals surface area contributed by atoms with Gasteiger partial charge in [0, 0.05) is 39.5 Å². The summed E-state index contributed by atoms with van der Waals surface area (Å²) in [6, 6.07) is 0.124. The standard InChI is InChI=1S/C18H32N2O3/c21-17(19-10-4-12-23-16-5-13-22-14-6-16)20-11-9-18(15-20)7-2-1-3-8-18/h16H,1-15H2,(H,19,21). The first kappa shape index (κ1) is 17.0. The highest BCUT2D eigenvalue weighted by molar-refractivity contribution is 5.74. The van der Waals surface area contributed by atoms with Gasteiger partial charge >= 0.3 is 6.03 Å². The van der Waals surface area contributed by atoms with E-state index in [9.17, 15) is 4.79 Å². The zero-order valence-corrected chi connectivity index (χ0v) is 14.4. The van der Waals surface area contributed by atoms with Crippen molar-refractivity contribution in [1.82, 2.24) is 10.2 Å². The average molecular weight is 324 g/mol. The molecule has 0 aromatic heterocycles. The Kier molecular flexibility index (Phi) is 6.17. The molecule has 5 nitrogen and oxygen atoms in total. The number of carbonyl (C=O) groups excluding carboxylic acids is 1. The second kappa shape index (κ2) is 8.34. The summed E-state index contributed by atoms with van der Waals surface area (Å²) in [6.07, 6.45) is 11.1. The maximum atomic E-state index is 12.3. The van der Waals surface area contributed by atoms with Crippen LogP contribution in [0.25, 0.3) is 0 Å². The largest absolute Gasteiger partial charge is 0.381 e. The van der Waals surface area contributed by atoms with Crippen LogP contribution in [0.1, 0.15) is 57.8 Å². The van der Waals surface area contributed by atoms with Crippen molar-refractivity contribution >= 4 is 6.03 Å². The molecule has 3 aliphatic rings. The van der Waals surface area contributed by atoms with E-state index in [0.717, 1.165) is 52.2 Å². The van der Waals surface area contributed by atoms with Crippen LogP contribution in [-0.2, 0) is 9.47 Å². The lowest BCUT2D eigenvalue weighted by atomic mass is 9.73. The lowest BCUT2D eigenvalue weighted by Crippen LogP contribution is -2.40. The first-order valence-corrected chi connectivity index (χ1v) is 9.50. The van der Waals surface area contributed by atoms with E-state index < -0.39 is 0 Å². The van der Waals surface area contributed by atoms with Crippen molar-refractivity contribution in [3.05, 3.63) is 0 Å². The normalized spacial score (nSPS) is 25.0. The van der Waals surface area contributed by atoms with Crippen LogP contribution >= 0.6 is 0 Å². The molecule has 0 bridgehead atoms. The summed E-state index contributed by atoms with van der Waals surface area (Å²) < 4.78 is 11.2. The van der Waals surface area contributed by atoms with E-state index >= 15 is 0 Å². The van der Waals surface area contributed by atoms with Crippen molar-refractivity contribution < 1.29 is 14.3 Å². The number of amides is 2. The van der Waals surface area contributed by atoms with Gasteiger partial charge in [-0.05, 0) is 43.9 Å². The van der Waals surface area contributed by atoms with E-state index in [1.807, 2.05) is 4.90 Å². The van der Waals surface area contributed by atoms with Gasteiger partial charge < -0.3 is 19.7 Å². The molecule has 0 aromatic carbocycles. The van der Waals surface area contributed by atoms with Gasteiger partial charge in [0.05, 0.1) is 6.10 Å². The lowest BCUT2D eigenvalue weighted by Gasteiger charge is -2.33. The predicted molar refractivity (Wildman–Crippen MR) is 89.5 cm³/mol. The Hall–Kier alpha value is -0.810. The Morgan fingerprint density at radius 2 is 1.96 bits per heavy atom. The summed E-state index contributed by atoms with van der Waals surface area (Å²) in [5, 5.41) is 3.07. The van der Waals surface area contributed by atoms with E-state index in [-0.39, 0.29) is 6.03 Å². The first-order valence-electron chi connectivity index (χ1n) is 9.50. The summed E-state index contributed by atoms with van der Waals surface area (Å²) >= 11 is 0. The van der Waals surface area contributed by atoms with Crippen molar-refractivity contribution in [2.45, 2.75) is 63.9 Å². The number of carbonyl (C=O) groups is 1. The third-order valence-corrected chi connectivity index (χ3v) is 5.76. The third kappa shape index (κ3) is 4.83. The molecule has 1 N–H and O–H groups in total. The summed E-state index contributed by atoms with van der Waals surface area (Å²) in [5.74, 6) is 0. The highest BCUT2D eigenvalue weighted by Gasteiger charge is 2.40. The predicted octanol–water partition coefficient (Wildman–Crippen LogP) is 2.94. The molecular formula is C18H32N2O3. The van der Waals surface area contributed by atoms with Gasteiger partial charge in [0.2, 0.25) is 0 Å². The van der Waals surface area contributed by atoms with Crippen molar-refractivity contribution in [3.8, 4) is 0 Å². The molecule has 2 amide bonds. The van der Waals surface area contributed by atoms with Gasteiger partial charge in [-0.3, -0.25) is 0 Å². The van der Waals surface area contributed by atoms with Crippen LogP contribution in [-0.4, -0.2) is 56.5 Å². The molecule has 23 heavy (non-hydrogen) atoms. The second-order valence-electron chi connectivity index (χ2n) is 7.50. The van der Waals surface area contributed by atoms with Crippen molar-refractivity contribution in [2.24, 2.45) is 5.41 Å². The molecule has 2 heterocycles. The minimum absolute atomic E-state index is 0.124. The number of nitrogens with zero attached hydrogens (tertiary/aromatic N) is 1. The molecule has 2 aliphatic heterocycles. The molecule has 3 fully saturated rings. The summed E-state index contributed by atoms with van der Waals surface area (Å²) in [6.45, 7) is 4.98. The second-order valence-corrected chi connectivity index (χ2v) is 7.50. The minimum atomic E-state index is 0.124. The molecule has 1 aliphatic carbocycles. The number of ether oxygens (including phenoxy) is 2. The number of rotatable bonds is 5. The summed E-state index contributed by atoms with van der Waals surface area (Å²) in [5.41, 5.74) is 0.446. The van der Waals surface area contributed by atoms with E-state index in [2.05, 4.69) is 5.32 Å². The monoisotopic (exact) mass is 324 g/mol. The Morgan fingerprint density at radius 3 is 2.74 bits per heavy atom. The van der Waals surface area contributed by atoms with Crippen LogP contribution in [0.2, 0.25) is 0 Å². The molecule has 3 rings (SSSR count). The van der Waals surface area contributed by atoms with Gasteiger partial charge in [-0.2, -0.15) is 0 Å². The van der Waals surface area contributed by atoms with Crippen LogP contribution in [0.5, 0.6) is 0 Å². The fraction of sp³-hybridized carbons (Fsp3) is 0.944. The number of likely N-dealkylation sites (tertiary alicyclic amines) is 1. The van der Waals surface area contributed by atoms with Crippen LogP contribution in [0.3, 0.4) is 0 Å². The maximum Gasteiger partial charge on any atom is 0.317 e. The quantitative estimate of drug-likeness (QED) is 0.791. The van der Waals surface area contributed by atoms with Crippen molar-refractivity contribution in [3.63, 3.8) is 0 Å². The fourth-order valence-corrected chi connectivity index (χ4v) is 4.29.